The first kappa shape index (κ1) is 35.8. The van der Waals surface area contributed by atoms with Crippen molar-refractivity contribution in [2.45, 2.75) is 88.8 Å². The summed E-state index contributed by atoms with van der Waals surface area (Å²) in [7, 11) is 0. The van der Waals surface area contributed by atoms with Crippen molar-refractivity contribution in [3.8, 4) is 0 Å². The predicted molar refractivity (Wildman–Crippen MR) is 201 cm³/mol. The van der Waals surface area contributed by atoms with Gasteiger partial charge in [0.05, 0.1) is 17.1 Å². The van der Waals surface area contributed by atoms with Crippen LogP contribution in [0.15, 0.2) is 76.0 Å². The Kier molecular flexibility index (Phi) is 10.7. The Labute approximate surface area is 311 Å². The van der Waals surface area contributed by atoms with Gasteiger partial charge < -0.3 is 25.6 Å². The van der Waals surface area contributed by atoms with E-state index in [4.69, 9.17) is 19.7 Å². The van der Waals surface area contributed by atoms with Crippen LogP contribution in [0, 0.1) is 5.92 Å². The van der Waals surface area contributed by atoms with Gasteiger partial charge in [-0.3, -0.25) is 24.2 Å². The van der Waals surface area contributed by atoms with Crippen LogP contribution < -0.4 is 16.0 Å². The molecule has 0 aliphatic carbocycles. The molecule has 52 heavy (non-hydrogen) atoms. The zero-order valence-corrected chi connectivity index (χ0v) is 31.0. The molecule has 0 radical (unpaired) electrons. The summed E-state index contributed by atoms with van der Waals surface area (Å²) in [5, 5.41) is 12.2. The van der Waals surface area contributed by atoms with E-state index >= 15 is 0 Å². The molecule has 0 saturated carbocycles. The molecule has 14 heteroatoms. The molecule has 7 atom stereocenters. The number of rotatable bonds is 5. The molecule has 1 saturated heterocycles. The van der Waals surface area contributed by atoms with E-state index in [1.165, 1.54) is 23.1 Å². The zero-order valence-electron chi connectivity index (χ0n) is 29.4. The third-order valence-electron chi connectivity index (χ3n) is 9.85. The average molecular weight is 742 g/mol. The first-order chi connectivity index (χ1) is 25.1. The smallest absolute Gasteiger partial charge is 0.271 e. The van der Waals surface area contributed by atoms with Gasteiger partial charge in [0, 0.05) is 24.1 Å². The summed E-state index contributed by atoms with van der Waals surface area (Å²) in [4.78, 5) is 71.9. The lowest BCUT2D eigenvalue weighted by molar-refractivity contribution is -0.133. The average Bonchev–Trinajstić information content (AvgIpc) is 3.97. The lowest BCUT2D eigenvalue weighted by Crippen LogP contribution is -2.52. The van der Waals surface area contributed by atoms with Gasteiger partial charge in [-0.2, -0.15) is 0 Å². The number of carbonyl (C=O) groups is 4. The fraction of sp³-hybridized carbons (Fsp3) is 0.447. The van der Waals surface area contributed by atoms with Crippen LogP contribution in [0.3, 0.4) is 0 Å². The molecule has 4 aliphatic heterocycles. The highest BCUT2D eigenvalue weighted by atomic mass is 32.2. The van der Waals surface area contributed by atoms with E-state index in [1.54, 1.807) is 17.2 Å². The van der Waals surface area contributed by atoms with Gasteiger partial charge in [-0.25, -0.2) is 9.98 Å². The number of nitrogens with one attached hydrogen (secondary N) is 3. The highest BCUT2D eigenvalue weighted by molar-refractivity contribution is 8.14. The summed E-state index contributed by atoms with van der Waals surface area (Å²) < 4.78 is 6.20. The fourth-order valence-electron chi connectivity index (χ4n) is 7.05. The Hall–Kier alpha value is -4.56. The fourth-order valence-corrected chi connectivity index (χ4v) is 9.17. The molecule has 2 aromatic carbocycles. The van der Waals surface area contributed by atoms with Crippen LogP contribution in [0.25, 0.3) is 0 Å². The molecular weight excluding hydrogens is 699 g/mol. The number of thioether (sulfide) groups is 1. The van der Waals surface area contributed by atoms with Crippen molar-refractivity contribution in [1.82, 2.24) is 25.8 Å². The second-order valence-corrected chi connectivity index (χ2v) is 15.9. The van der Waals surface area contributed by atoms with E-state index in [0.717, 1.165) is 17.5 Å². The second-order valence-electron chi connectivity index (χ2n) is 14.0. The summed E-state index contributed by atoms with van der Waals surface area (Å²) in [6, 6.07) is 15.6. The maximum absolute atomic E-state index is 14.4. The van der Waals surface area contributed by atoms with Gasteiger partial charge in [0.15, 0.2) is 6.04 Å². The Morgan fingerprint density at radius 3 is 2.27 bits per heavy atom. The lowest BCUT2D eigenvalue weighted by Gasteiger charge is -2.29. The van der Waals surface area contributed by atoms with Crippen LogP contribution in [0.4, 0.5) is 0 Å². The largest absolute Gasteiger partial charge is 0.474 e. The SMILES string of the molecule is CC(C)[C@H]1NC(=O)[C@H]2N=C(O[C@@H]2C)[C@@H]2CCCN2C(=O)[C@H](Cc2ccccc2)NC(=O)c2csc(n2)[C@H](Cc2ccccc2)NC(=O)[C@H]2CSC1=N2. The van der Waals surface area contributed by atoms with Crippen LogP contribution in [-0.2, 0) is 32.0 Å². The predicted octanol–water partition coefficient (Wildman–Crippen LogP) is 3.73. The number of fused-ring (bicyclic) bond motifs is 6. The summed E-state index contributed by atoms with van der Waals surface area (Å²) in [6.45, 7) is 6.28. The van der Waals surface area contributed by atoms with Crippen LogP contribution in [0.2, 0.25) is 0 Å². The molecule has 7 rings (SSSR count). The molecule has 5 heterocycles. The highest BCUT2D eigenvalue weighted by Crippen LogP contribution is 2.29. The van der Waals surface area contributed by atoms with Crippen molar-refractivity contribution < 1.29 is 23.9 Å². The van der Waals surface area contributed by atoms with Crippen molar-refractivity contribution in [3.05, 3.63) is 87.9 Å². The van der Waals surface area contributed by atoms with Crippen LogP contribution in [0.1, 0.15) is 66.3 Å². The third-order valence-corrected chi connectivity index (χ3v) is 11.9. The number of aromatic nitrogens is 1. The van der Waals surface area contributed by atoms with Crippen LogP contribution >= 0.6 is 23.1 Å². The van der Waals surface area contributed by atoms with E-state index in [9.17, 15) is 19.2 Å². The minimum absolute atomic E-state index is 0.00574. The van der Waals surface area contributed by atoms with Gasteiger partial charge in [0.25, 0.3) is 5.91 Å². The number of thiazole rings is 1. The Morgan fingerprint density at radius 1 is 0.885 bits per heavy atom. The molecule has 4 aliphatic rings. The molecule has 4 amide bonds. The van der Waals surface area contributed by atoms with Crippen molar-refractivity contribution in [2.75, 3.05) is 12.3 Å². The number of benzene rings is 2. The number of hydrogen-bond acceptors (Lipinski definition) is 10. The van der Waals surface area contributed by atoms with Gasteiger partial charge in [0.2, 0.25) is 23.6 Å². The van der Waals surface area contributed by atoms with E-state index in [1.807, 2.05) is 74.5 Å². The molecule has 0 unspecified atom stereocenters. The van der Waals surface area contributed by atoms with E-state index in [2.05, 4.69) is 16.0 Å². The van der Waals surface area contributed by atoms with Crippen molar-refractivity contribution in [3.63, 3.8) is 0 Å². The Bertz CT molecular complexity index is 1870. The van der Waals surface area contributed by atoms with Gasteiger partial charge in [0.1, 0.15) is 34.9 Å². The van der Waals surface area contributed by atoms with Gasteiger partial charge in [-0.15, -0.1) is 23.1 Å². The first-order valence-electron chi connectivity index (χ1n) is 17.8. The van der Waals surface area contributed by atoms with E-state index < -0.39 is 48.3 Å². The Balaban J connectivity index is 1.26. The zero-order chi connectivity index (χ0) is 36.4. The number of nitrogens with zero attached hydrogens (tertiary/aromatic N) is 4. The van der Waals surface area contributed by atoms with E-state index in [0.29, 0.717) is 41.1 Å². The lowest BCUT2D eigenvalue weighted by atomic mass is 10.0. The van der Waals surface area contributed by atoms with Gasteiger partial charge in [-0.05, 0) is 43.2 Å². The van der Waals surface area contributed by atoms with Crippen LogP contribution in [0.5, 0.6) is 0 Å². The second kappa shape index (κ2) is 15.6. The quantitative estimate of drug-likeness (QED) is 0.360. The molecular formula is C38H43N7O5S2. The molecule has 1 aromatic heterocycles. The molecule has 3 N–H and O–H groups in total. The van der Waals surface area contributed by atoms with Gasteiger partial charge >= 0.3 is 0 Å². The maximum atomic E-state index is 14.4. The maximum Gasteiger partial charge on any atom is 0.271 e. The number of carbonyl (C=O) groups excluding carboxylic acids is 4. The molecule has 6 bridgehead atoms. The number of aliphatic imine (C=N–C) groups is 2. The summed E-state index contributed by atoms with van der Waals surface area (Å²) in [6.07, 6.45) is 1.53. The summed E-state index contributed by atoms with van der Waals surface area (Å²) in [5.41, 5.74) is 2.06. The molecule has 3 aromatic rings. The van der Waals surface area contributed by atoms with Crippen LogP contribution in [-0.4, -0.2) is 93.1 Å². The van der Waals surface area contributed by atoms with Gasteiger partial charge in [-0.1, -0.05) is 74.5 Å². The first-order valence-corrected chi connectivity index (χ1v) is 19.7. The molecule has 1 fully saturated rings. The minimum atomic E-state index is -0.897. The Morgan fingerprint density at radius 2 is 1.58 bits per heavy atom. The minimum Gasteiger partial charge on any atom is -0.474 e. The standard InChI is InChI=1S/C38H43N7O5S2/c1-21(2)30-37-42-28(20-52-37)32(46)39-25(17-23-11-6-4-7-12-23)36-41-27(19-51-36)33(47)40-26(18-24-13-8-5-9-14-24)38(49)45-16-10-15-29(45)35-44-31(22(3)50-35)34(48)43-30/h4-9,11-14,19,21-22,25-26,28-31H,10,15-18,20H2,1-3H3,(H,39,46)(H,40,47)(H,43,48)/t22-,25+,26+,28-,29+,30-,31+/m1/s1. The van der Waals surface area contributed by atoms with E-state index in [-0.39, 0.29) is 35.8 Å². The summed E-state index contributed by atoms with van der Waals surface area (Å²) >= 11 is 2.75. The normalized spacial score (nSPS) is 28.2. The summed E-state index contributed by atoms with van der Waals surface area (Å²) in [5.74, 6) is -0.510. The molecule has 0 spiro atoms. The van der Waals surface area contributed by atoms with Crippen molar-refractivity contribution in [2.24, 2.45) is 15.9 Å². The van der Waals surface area contributed by atoms with Crippen molar-refractivity contribution in [1.29, 1.82) is 0 Å². The number of hydrogen-bond donors (Lipinski definition) is 3. The number of ether oxygens (including phenoxy) is 1. The third kappa shape index (κ3) is 7.77. The highest BCUT2D eigenvalue weighted by Gasteiger charge is 2.44. The molecule has 12 nitrogen and oxygen atoms in total. The topological polar surface area (TPSA) is 154 Å². The number of amides is 4. The van der Waals surface area contributed by atoms with Crippen molar-refractivity contribution >= 4 is 57.7 Å². The monoisotopic (exact) mass is 741 g/mol. The molecule has 272 valence electrons.